The number of imidazole rings is 1. The van der Waals surface area contributed by atoms with Crippen molar-refractivity contribution < 1.29 is 35.9 Å². The van der Waals surface area contributed by atoms with Crippen LogP contribution in [0.5, 0.6) is 5.75 Å². The summed E-state index contributed by atoms with van der Waals surface area (Å²) in [4.78, 5) is 16.5. The molecule has 0 aliphatic rings. The van der Waals surface area contributed by atoms with Gasteiger partial charge in [0.05, 0.1) is 0 Å². The second-order valence-corrected chi connectivity index (χ2v) is 7.26. The third-order valence-electron chi connectivity index (χ3n) is 4.42. The van der Waals surface area contributed by atoms with E-state index in [0.29, 0.717) is 5.56 Å². The zero-order chi connectivity index (χ0) is 23.0. The van der Waals surface area contributed by atoms with E-state index in [4.69, 9.17) is 4.74 Å². The summed E-state index contributed by atoms with van der Waals surface area (Å²) in [5.41, 5.74) is -1.97. The van der Waals surface area contributed by atoms with Gasteiger partial charge in [-0.05, 0) is 32.0 Å². The van der Waals surface area contributed by atoms with Gasteiger partial charge in [-0.1, -0.05) is 18.2 Å². The van der Waals surface area contributed by atoms with Crippen LogP contribution >= 0.6 is 0 Å². The van der Waals surface area contributed by atoms with Crippen LogP contribution in [0.4, 0.5) is 26.3 Å². The summed E-state index contributed by atoms with van der Waals surface area (Å²) in [5, 5.41) is 1.89. The molecule has 0 bridgehead atoms. The van der Waals surface area contributed by atoms with Gasteiger partial charge in [-0.3, -0.25) is 4.79 Å². The highest BCUT2D eigenvalue weighted by molar-refractivity contribution is 5.94. The lowest BCUT2D eigenvalue weighted by Gasteiger charge is -2.28. The molecule has 0 radical (unpaired) electrons. The van der Waals surface area contributed by atoms with E-state index in [1.807, 2.05) is 5.32 Å². The lowest BCUT2D eigenvalue weighted by molar-refractivity contribution is -0.182. The van der Waals surface area contributed by atoms with Crippen LogP contribution in [0.25, 0.3) is 16.8 Å². The Hall–Kier alpha value is -3.24. The molecule has 1 amide bonds. The number of fused-ring (bicyclic) bond motifs is 1. The molecule has 3 aromatic rings. The van der Waals surface area contributed by atoms with Gasteiger partial charge in [-0.15, -0.1) is 0 Å². The fraction of sp³-hybridized carbons (Fsp3) is 0.300. The number of hydrogen-bond acceptors (Lipinski definition) is 3. The molecule has 1 N–H and O–H groups in total. The molecule has 2 aromatic heterocycles. The van der Waals surface area contributed by atoms with Gasteiger partial charge in [0.1, 0.15) is 22.6 Å². The summed E-state index contributed by atoms with van der Waals surface area (Å²) in [5.74, 6) is -1.10. The highest BCUT2D eigenvalue weighted by atomic mass is 19.4. The quantitative estimate of drug-likeness (QED) is 0.562. The fourth-order valence-corrected chi connectivity index (χ4v) is 2.73. The van der Waals surface area contributed by atoms with Gasteiger partial charge in [0, 0.05) is 23.5 Å². The number of pyridine rings is 1. The smallest absolute Gasteiger partial charge is 0.422 e. The molecular formula is C20H17F6N3O2. The van der Waals surface area contributed by atoms with Crippen molar-refractivity contribution in [2.24, 2.45) is 0 Å². The summed E-state index contributed by atoms with van der Waals surface area (Å²) in [7, 11) is 0. The van der Waals surface area contributed by atoms with Gasteiger partial charge in [0.25, 0.3) is 5.91 Å². The molecule has 166 valence electrons. The summed E-state index contributed by atoms with van der Waals surface area (Å²) in [6.45, 7) is 0.141. The second kappa shape index (κ2) is 7.78. The Morgan fingerprint density at radius 2 is 1.68 bits per heavy atom. The second-order valence-electron chi connectivity index (χ2n) is 7.26. The molecule has 0 saturated heterocycles. The third-order valence-corrected chi connectivity index (χ3v) is 4.42. The number of amides is 1. The van der Waals surface area contributed by atoms with Crippen molar-refractivity contribution in [3.05, 3.63) is 54.5 Å². The first kappa shape index (κ1) is 22.4. The van der Waals surface area contributed by atoms with E-state index in [1.54, 1.807) is 18.2 Å². The van der Waals surface area contributed by atoms with Crippen molar-refractivity contribution in [3.63, 3.8) is 0 Å². The molecule has 0 fully saturated rings. The van der Waals surface area contributed by atoms with Gasteiger partial charge in [0.2, 0.25) is 0 Å². The molecule has 3 rings (SSSR count). The molecule has 0 aliphatic carbocycles. The van der Waals surface area contributed by atoms with E-state index < -0.39 is 30.4 Å². The van der Waals surface area contributed by atoms with Crippen LogP contribution in [0.15, 0.2) is 48.8 Å². The van der Waals surface area contributed by atoms with E-state index in [0.717, 1.165) is 13.8 Å². The Bertz CT molecular complexity index is 1100. The predicted octanol–water partition coefficient (Wildman–Crippen LogP) is 5.01. The normalized spacial score (nSPS) is 12.8. The molecule has 0 atom stereocenters. The number of rotatable bonds is 5. The van der Waals surface area contributed by atoms with Crippen molar-refractivity contribution in [1.29, 1.82) is 0 Å². The average molecular weight is 445 g/mol. The first-order chi connectivity index (χ1) is 14.3. The average Bonchev–Trinajstić information content (AvgIpc) is 3.09. The molecule has 5 nitrogen and oxygen atoms in total. The van der Waals surface area contributed by atoms with Gasteiger partial charge in [-0.2, -0.15) is 26.3 Å². The van der Waals surface area contributed by atoms with Gasteiger partial charge < -0.3 is 14.5 Å². The molecular weight excluding hydrogens is 428 g/mol. The molecule has 0 unspecified atom stereocenters. The number of nitrogens with one attached hydrogen (secondary N) is 1. The van der Waals surface area contributed by atoms with Gasteiger partial charge in [-0.25, -0.2) is 4.98 Å². The van der Waals surface area contributed by atoms with E-state index in [2.05, 4.69) is 4.98 Å². The Balaban J connectivity index is 1.99. The summed E-state index contributed by atoms with van der Waals surface area (Å²) in [6.07, 6.45) is -6.47. The number of aromatic nitrogens is 2. The molecule has 1 aromatic carbocycles. The van der Waals surface area contributed by atoms with E-state index in [-0.39, 0.29) is 22.7 Å². The standard InChI is InChI=1S/C20H17F6N3O2/c1-18(2,20(24,25)26)28-17(30)14-10-29-9-5-7-13(16(29)27-14)12-6-3-4-8-15(12)31-11-19(21,22)23/h3-10H,11H2,1-2H3,(H,28,30). The van der Waals surface area contributed by atoms with E-state index in [1.165, 1.54) is 35.0 Å². The van der Waals surface area contributed by atoms with Crippen LogP contribution in [0, 0.1) is 0 Å². The summed E-state index contributed by atoms with van der Waals surface area (Å²) in [6, 6.07) is 9.07. The maximum Gasteiger partial charge on any atom is 0.422 e. The van der Waals surface area contributed by atoms with Crippen molar-refractivity contribution in [2.75, 3.05) is 6.61 Å². The number of hydrogen-bond donors (Lipinski definition) is 1. The summed E-state index contributed by atoms with van der Waals surface area (Å²) < 4.78 is 83.2. The molecule has 2 heterocycles. The van der Waals surface area contributed by atoms with Crippen LogP contribution in [-0.2, 0) is 0 Å². The molecule has 11 heteroatoms. The minimum atomic E-state index is -4.68. The van der Waals surface area contributed by atoms with Crippen LogP contribution in [0.2, 0.25) is 0 Å². The molecule has 0 spiro atoms. The summed E-state index contributed by atoms with van der Waals surface area (Å²) >= 11 is 0. The number of alkyl halides is 6. The predicted molar refractivity (Wildman–Crippen MR) is 99.8 cm³/mol. The SMILES string of the molecule is CC(C)(NC(=O)c1cn2cccc(-c3ccccc3OCC(F)(F)F)c2n1)C(F)(F)F. The Labute approximate surface area is 172 Å². The Kier molecular flexibility index (Phi) is 5.64. The number of benzene rings is 1. The highest BCUT2D eigenvalue weighted by Crippen LogP contribution is 2.34. The number of para-hydroxylation sites is 1. The molecule has 0 aliphatic heterocycles. The van der Waals surface area contributed by atoms with Crippen molar-refractivity contribution in [1.82, 2.24) is 14.7 Å². The monoisotopic (exact) mass is 445 g/mol. The Morgan fingerprint density at radius 1 is 1.03 bits per heavy atom. The molecule has 31 heavy (non-hydrogen) atoms. The zero-order valence-corrected chi connectivity index (χ0v) is 16.3. The fourth-order valence-electron chi connectivity index (χ4n) is 2.73. The van der Waals surface area contributed by atoms with Crippen molar-refractivity contribution >= 4 is 11.6 Å². The van der Waals surface area contributed by atoms with Crippen LogP contribution < -0.4 is 10.1 Å². The minimum absolute atomic E-state index is 0.0554. The number of nitrogens with zero attached hydrogens (tertiary/aromatic N) is 2. The number of ether oxygens (including phenoxy) is 1. The van der Waals surface area contributed by atoms with Crippen LogP contribution in [0.3, 0.4) is 0 Å². The third kappa shape index (κ3) is 4.92. The zero-order valence-electron chi connectivity index (χ0n) is 16.3. The first-order valence-electron chi connectivity index (χ1n) is 8.94. The number of halogens is 6. The topological polar surface area (TPSA) is 55.6 Å². The van der Waals surface area contributed by atoms with E-state index in [9.17, 15) is 31.1 Å². The van der Waals surface area contributed by atoms with Crippen molar-refractivity contribution in [2.45, 2.75) is 31.7 Å². The Morgan fingerprint density at radius 3 is 2.32 bits per heavy atom. The maximum absolute atomic E-state index is 13.1. The largest absolute Gasteiger partial charge is 0.483 e. The minimum Gasteiger partial charge on any atom is -0.483 e. The lowest BCUT2D eigenvalue weighted by atomic mass is 10.1. The van der Waals surface area contributed by atoms with Gasteiger partial charge in [0.15, 0.2) is 6.61 Å². The number of carbonyl (C=O) groups is 1. The van der Waals surface area contributed by atoms with Crippen LogP contribution in [0.1, 0.15) is 24.3 Å². The van der Waals surface area contributed by atoms with Gasteiger partial charge >= 0.3 is 12.4 Å². The van der Waals surface area contributed by atoms with Crippen LogP contribution in [-0.4, -0.2) is 39.8 Å². The number of carbonyl (C=O) groups excluding carboxylic acids is 1. The first-order valence-corrected chi connectivity index (χ1v) is 8.94. The highest BCUT2D eigenvalue weighted by Gasteiger charge is 2.48. The molecule has 0 saturated carbocycles. The lowest BCUT2D eigenvalue weighted by Crippen LogP contribution is -2.54. The van der Waals surface area contributed by atoms with Crippen molar-refractivity contribution in [3.8, 4) is 16.9 Å². The maximum atomic E-state index is 13.1. The van der Waals surface area contributed by atoms with E-state index >= 15 is 0 Å².